The summed E-state index contributed by atoms with van der Waals surface area (Å²) in [6.07, 6.45) is 4.20. The van der Waals surface area contributed by atoms with E-state index in [0.29, 0.717) is 17.9 Å². The van der Waals surface area contributed by atoms with Gasteiger partial charge in [-0.05, 0) is 55.5 Å². The van der Waals surface area contributed by atoms with Gasteiger partial charge in [0.1, 0.15) is 17.0 Å². The fraction of sp³-hybridized carbons (Fsp3) is 0.316. The molecule has 0 spiro atoms. The molecule has 1 aliphatic heterocycles. The highest BCUT2D eigenvalue weighted by molar-refractivity contribution is 7.89. The summed E-state index contributed by atoms with van der Waals surface area (Å²) in [5, 5.41) is 5.43. The highest BCUT2D eigenvalue weighted by Crippen LogP contribution is 2.26. The second-order valence-electron chi connectivity index (χ2n) is 6.80. The van der Waals surface area contributed by atoms with Crippen LogP contribution in [0.15, 0.2) is 46.9 Å². The smallest absolute Gasteiger partial charge is 0.256 e. The first-order valence-electron chi connectivity index (χ1n) is 9.08. The lowest BCUT2D eigenvalue weighted by atomic mass is 10.1. The van der Waals surface area contributed by atoms with Crippen molar-refractivity contribution in [2.75, 3.05) is 11.9 Å². The lowest BCUT2D eigenvalue weighted by Gasteiger charge is -2.32. The second kappa shape index (κ2) is 7.57. The standard InChI is InChI=1S/C19H20N4O3S2/c1-13-4-2-3-10-23(13)28(25,26)15-7-5-14(6-8-15)18(24)22-17-16-9-11-27-19(16)21-12-20-17/h5-9,11-13H,2-4,10H2,1H3,(H,20,21,22,24)/t13-/m0/s1. The Morgan fingerprint density at radius 1 is 1.18 bits per heavy atom. The van der Waals surface area contributed by atoms with Gasteiger partial charge >= 0.3 is 0 Å². The first kappa shape index (κ1) is 19.0. The summed E-state index contributed by atoms with van der Waals surface area (Å²) >= 11 is 1.47. The lowest BCUT2D eigenvalue weighted by Crippen LogP contribution is -2.41. The Hall–Kier alpha value is -2.36. The number of carbonyl (C=O) groups is 1. The Morgan fingerprint density at radius 2 is 1.96 bits per heavy atom. The first-order chi connectivity index (χ1) is 13.5. The molecule has 7 nitrogen and oxygen atoms in total. The number of aromatic nitrogens is 2. The maximum atomic E-state index is 12.9. The van der Waals surface area contributed by atoms with Gasteiger partial charge in [-0.15, -0.1) is 11.3 Å². The summed E-state index contributed by atoms with van der Waals surface area (Å²) in [6.45, 7) is 2.47. The molecule has 28 heavy (non-hydrogen) atoms. The average Bonchev–Trinajstić information content (AvgIpc) is 3.18. The minimum Gasteiger partial charge on any atom is -0.306 e. The van der Waals surface area contributed by atoms with Gasteiger partial charge in [-0.25, -0.2) is 18.4 Å². The van der Waals surface area contributed by atoms with E-state index in [1.54, 1.807) is 4.31 Å². The molecule has 0 radical (unpaired) electrons. The van der Waals surface area contributed by atoms with Crippen LogP contribution in [-0.4, -0.2) is 41.2 Å². The third-order valence-corrected chi connectivity index (χ3v) is 7.81. The van der Waals surface area contributed by atoms with E-state index in [0.717, 1.165) is 29.5 Å². The van der Waals surface area contributed by atoms with Gasteiger partial charge in [-0.1, -0.05) is 6.42 Å². The molecule has 0 saturated carbocycles. The van der Waals surface area contributed by atoms with Crippen molar-refractivity contribution in [2.45, 2.75) is 37.1 Å². The minimum absolute atomic E-state index is 0.00694. The molecule has 1 aliphatic rings. The molecule has 3 heterocycles. The average molecular weight is 417 g/mol. The zero-order valence-electron chi connectivity index (χ0n) is 15.3. The molecule has 9 heteroatoms. The van der Waals surface area contributed by atoms with Gasteiger partial charge in [-0.3, -0.25) is 4.79 Å². The fourth-order valence-electron chi connectivity index (χ4n) is 3.41. The van der Waals surface area contributed by atoms with E-state index in [2.05, 4.69) is 15.3 Å². The normalized spacial score (nSPS) is 18.2. The number of hydrogen-bond acceptors (Lipinski definition) is 6. The van der Waals surface area contributed by atoms with E-state index in [1.807, 2.05) is 18.4 Å². The molecule has 1 saturated heterocycles. The number of benzene rings is 1. The number of nitrogens with zero attached hydrogens (tertiary/aromatic N) is 3. The number of thiophene rings is 1. The molecule has 1 amide bonds. The van der Waals surface area contributed by atoms with Gasteiger partial charge < -0.3 is 5.32 Å². The Kier molecular flexibility index (Phi) is 5.13. The number of piperidine rings is 1. The highest BCUT2D eigenvalue weighted by atomic mass is 32.2. The minimum atomic E-state index is -3.55. The summed E-state index contributed by atoms with van der Waals surface area (Å²) in [5.74, 6) is 0.0941. The van der Waals surface area contributed by atoms with Crippen LogP contribution in [0.5, 0.6) is 0 Å². The molecule has 0 unspecified atom stereocenters. The molecule has 2 aromatic heterocycles. The molecule has 1 fully saturated rings. The summed E-state index contributed by atoms with van der Waals surface area (Å²) in [7, 11) is -3.55. The third kappa shape index (κ3) is 3.52. The quantitative estimate of drug-likeness (QED) is 0.703. The Labute approximate surface area is 167 Å². The van der Waals surface area contributed by atoms with Crippen molar-refractivity contribution >= 4 is 43.3 Å². The van der Waals surface area contributed by atoms with Crippen molar-refractivity contribution in [3.63, 3.8) is 0 Å². The van der Waals surface area contributed by atoms with Crippen molar-refractivity contribution in [1.82, 2.24) is 14.3 Å². The van der Waals surface area contributed by atoms with Gasteiger partial charge in [0.15, 0.2) is 0 Å². The van der Waals surface area contributed by atoms with Crippen LogP contribution in [0.25, 0.3) is 10.2 Å². The SMILES string of the molecule is C[C@H]1CCCCN1S(=O)(=O)c1ccc(C(=O)Nc2ncnc3sccc23)cc1. The van der Waals surface area contributed by atoms with Crippen LogP contribution >= 0.6 is 11.3 Å². The van der Waals surface area contributed by atoms with E-state index in [-0.39, 0.29) is 16.8 Å². The van der Waals surface area contributed by atoms with Crippen molar-refractivity contribution < 1.29 is 13.2 Å². The number of anilines is 1. The van der Waals surface area contributed by atoms with Crippen molar-refractivity contribution in [3.8, 4) is 0 Å². The molecule has 1 aromatic carbocycles. The molecule has 3 aromatic rings. The Morgan fingerprint density at radius 3 is 2.71 bits per heavy atom. The van der Waals surface area contributed by atoms with Gasteiger partial charge in [-0.2, -0.15) is 4.31 Å². The number of rotatable bonds is 4. The van der Waals surface area contributed by atoms with E-state index in [9.17, 15) is 13.2 Å². The van der Waals surface area contributed by atoms with Crippen LogP contribution in [0, 0.1) is 0 Å². The van der Waals surface area contributed by atoms with Gasteiger partial charge in [0.2, 0.25) is 10.0 Å². The van der Waals surface area contributed by atoms with Crippen LogP contribution in [0.3, 0.4) is 0 Å². The van der Waals surface area contributed by atoms with E-state index in [1.165, 1.54) is 41.9 Å². The number of amides is 1. The number of sulfonamides is 1. The molecule has 0 aliphatic carbocycles. The van der Waals surface area contributed by atoms with Crippen molar-refractivity contribution in [1.29, 1.82) is 0 Å². The predicted octanol–water partition coefficient (Wildman–Crippen LogP) is 3.51. The zero-order valence-corrected chi connectivity index (χ0v) is 17.0. The van der Waals surface area contributed by atoms with Crippen LogP contribution in [-0.2, 0) is 10.0 Å². The fourth-order valence-corrected chi connectivity index (χ4v) is 5.84. The summed E-state index contributed by atoms with van der Waals surface area (Å²) in [5.41, 5.74) is 0.368. The number of nitrogens with one attached hydrogen (secondary N) is 1. The molecule has 1 N–H and O–H groups in total. The monoisotopic (exact) mass is 416 g/mol. The Bertz CT molecular complexity index is 1110. The largest absolute Gasteiger partial charge is 0.306 e. The van der Waals surface area contributed by atoms with Crippen LogP contribution in [0.2, 0.25) is 0 Å². The lowest BCUT2D eigenvalue weighted by molar-refractivity contribution is 0.102. The van der Waals surface area contributed by atoms with E-state index in [4.69, 9.17) is 0 Å². The number of hydrogen-bond donors (Lipinski definition) is 1. The predicted molar refractivity (Wildman–Crippen MR) is 109 cm³/mol. The first-order valence-corrected chi connectivity index (χ1v) is 11.4. The van der Waals surface area contributed by atoms with Gasteiger partial charge in [0.05, 0.1) is 10.3 Å². The van der Waals surface area contributed by atoms with E-state index < -0.39 is 10.0 Å². The highest BCUT2D eigenvalue weighted by Gasteiger charge is 2.30. The summed E-state index contributed by atoms with van der Waals surface area (Å²) in [6, 6.07) is 7.89. The van der Waals surface area contributed by atoms with Crippen LogP contribution < -0.4 is 5.32 Å². The molecule has 146 valence electrons. The van der Waals surface area contributed by atoms with Crippen molar-refractivity contribution in [3.05, 3.63) is 47.6 Å². The topological polar surface area (TPSA) is 92.3 Å². The maximum Gasteiger partial charge on any atom is 0.256 e. The van der Waals surface area contributed by atoms with Gasteiger partial charge in [0.25, 0.3) is 5.91 Å². The molecular weight excluding hydrogens is 396 g/mol. The third-order valence-electron chi connectivity index (χ3n) is 4.96. The molecule has 0 bridgehead atoms. The van der Waals surface area contributed by atoms with Crippen LogP contribution in [0.1, 0.15) is 36.5 Å². The number of fused-ring (bicyclic) bond motifs is 1. The summed E-state index contributed by atoms with van der Waals surface area (Å²) < 4.78 is 27.3. The van der Waals surface area contributed by atoms with Crippen LogP contribution in [0.4, 0.5) is 5.82 Å². The van der Waals surface area contributed by atoms with Gasteiger partial charge in [0, 0.05) is 18.2 Å². The molecule has 1 atom stereocenters. The number of carbonyl (C=O) groups excluding carboxylic acids is 1. The maximum absolute atomic E-state index is 12.9. The second-order valence-corrected chi connectivity index (χ2v) is 9.59. The zero-order chi connectivity index (χ0) is 19.7. The summed E-state index contributed by atoms with van der Waals surface area (Å²) in [4.78, 5) is 21.9. The molecular formula is C19H20N4O3S2. The molecule has 4 rings (SSSR count). The van der Waals surface area contributed by atoms with Crippen molar-refractivity contribution in [2.24, 2.45) is 0 Å². The van der Waals surface area contributed by atoms with E-state index >= 15 is 0 Å². The Balaban J connectivity index is 1.54.